The third kappa shape index (κ3) is 3.80. The van der Waals surface area contributed by atoms with Crippen LogP contribution in [0.4, 0.5) is 11.5 Å². The van der Waals surface area contributed by atoms with Crippen molar-refractivity contribution in [2.24, 2.45) is 4.99 Å². The average molecular weight is 390 g/mol. The number of carbonyl (C=O) groups excluding carboxylic acids is 1. The minimum absolute atomic E-state index is 0.178. The first kappa shape index (κ1) is 17.9. The zero-order valence-corrected chi connectivity index (χ0v) is 15.8. The molecule has 0 radical (unpaired) electrons. The predicted molar refractivity (Wildman–Crippen MR) is 110 cm³/mol. The summed E-state index contributed by atoms with van der Waals surface area (Å²) < 4.78 is 5.93. The Bertz CT molecular complexity index is 1250. The molecule has 4 rings (SSSR count). The Kier molecular flexibility index (Phi) is 4.91. The second kappa shape index (κ2) is 7.66. The van der Waals surface area contributed by atoms with Crippen molar-refractivity contribution in [1.29, 1.82) is 0 Å². The van der Waals surface area contributed by atoms with Crippen LogP contribution >= 0.6 is 11.6 Å². The number of hydrogen-bond acceptors (Lipinski definition) is 4. The Morgan fingerprint density at radius 1 is 1.04 bits per heavy atom. The Labute approximate surface area is 166 Å². The highest BCUT2D eigenvalue weighted by molar-refractivity contribution is 6.32. The lowest BCUT2D eigenvalue weighted by Crippen LogP contribution is -2.22. The van der Waals surface area contributed by atoms with Crippen LogP contribution in [0.15, 0.2) is 82.2 Å². The van der Waals surface area contributed by atoms with E-state index in [1.54, 1.807) is 24.3 Å². The summed E-state index contributed by atoms with van der Waals surface area (Å²) in [6.07, 6.45) is 0. The van der Waals surface area contributed by atoms with Gasteiger partial charge in [0.15, 0.2) is 0 Å². The maximum Gasteiger partial charge on any atom is 0.262 e. The minimum Gasteiger partial charge on any atom is -0.438 e. The molecule has 4 aromatic rings. The lowest BCUT2D eigenvalue weighted by Gasteiger charge is -2.07. The van der Waals surface area contributed by atoms with E-state index in [4.69, 9.17) is 16.0 Å². The molecule has 0 aliphatic heterocycles. The molecule has 0 spiro atoms. The molecule has 0 fully saturated rings. The van der Waals surface area contributed by atoms with Crippen molar-refractivity contribution in [2.45, 2.75) is 6.92 Å². The molecule has 5 nitrogen and oxygen atoms in total. The number of aryl methyl sites for hydroxylation is 1. The maximum atomic E-state index is 13.0. The molecule has 0 bridgehead atoms. The van der Waals surface area contributed by atoms with E-state index in [9.17, 15) is 4.79 Å². The van der Waals surface area contributed by atoms with Gasteiger partial charge in [-0.3, -0.25) is 4.79 Å². The van der Waals surface area contributed by atoms with Gasteiger partial charge in [0, 0.05) is 11.1 Å². The highest BCUT2D eigenvalue weighted by atomic mass is 35.5. The smallest absolute Gasteiger partial charge is 0.262 e. The van der Waals surface area contributed by atoms with Gasteiger partial charge in [0.25, 0.3) is 5.91 Å². The predicted octanol–water partition coefficient (Wildman–Crippen LogP) is 5.27. The molecule has 6 heteroatoms. The molecule has 0 saturated carbocycles. The van der Waals surface area contributed by atoms with Crippen molar-refractivity contribution in [3.63, 3.8) is 0 Å². The molecule has 0 aliphatic rings. The van der Waals surface area contributed by atoms with Gasteiger partial charge in [-0.25, -0.2) is 9.98 Å². The van der Waals surface area contributed by atoms with Crippen molar-refractivity contribution in [2.75, 3.05) is 5.32 Å². The topological polar surface area (TPSA) is 67.5 Å². The van der Waals surface area contributed by atoms with Crippen LogP contribution in [0.25, 0.3) is 11.0 Å². The van der Waals surface area contributed by atoms with Gasteiger partial charge in [-0.15, -0.1) is 0 Å². The number of rotatable bonds is 3. The van der Waals surface area contributed by atoms with Crippen LogP contribution < -0.4 is 10.9 Å². The number of para-hydroxylation sites is 2. The molecule has 138 valence electrons. The fraction of sp³-hybridized carbons (Fsp3) is 0.0455. The Morgan fingerprint density at radius 2 is 1.82 bits per heavy atom. The number of amides is 1. The summed E-state index contributed by atoms with van der Waals surface area (Å²) >= 11 is 6.23. The van der Waals surface area contributed by atoms with E-state index >= 15 is 0 Å². The monoisotopic (exact) mass is 389 g/mol. The Hall–Kier alpha value is -3.44. The molecule has 1 N–H and O–H groups in total. The third-order valence-electron chi connectivity index (χ3n) is 4.10. The van der Waals surface area contributed by atoms with E-state index in [0.717, 1.165) is 11.1 Å². The number of anilines is 1. The van der Waals surface area contributed by atoms with Gasteiger partial charge in [0.2, 0.25) is 5.55 Å². The minimum atomic E-state index is -0.363. The fourth-order valence-electron chi connectivity index (χ4n) is 2.76. The zero-order valence-electron chi connectivity index (χ0n) is 15.0. The number of benzene rings is 2. The van der Waals surface area contributed by atoms with Gasteiger partial charge >= 0.3 is 0 Å². The van der Waals surface area contributed by atoms with Gasteiger partial charge in [0.1, 0.15) is 17.0 Å². The van der Waals surface area contributed by atoms with Gasteiger partial charge < -0.3 is 9.73 Å². The van der Waals surface area contributed by atoms with Crippen LogP contribution in [0, 0.1) is 6.92 Å². The van der Waals surface area contributed by atoms with Crippen molar-refractivity contribution in [3.8, 4) is 0 Å². The molecule has 2 aromatic carbocycles. The number of hydrogen-bond donors (Lipinski definition) is 1. The van der Waals surface area contributed by atoms with Crippen LogP contribution in [-0.4, -0.2) is 10.9 Å². The zero-order chi connectivity index (χ0) is 19.5. The highest BCUT2D eigenvalue weighted by Gasteiger charge is 2.14. The molecule has 0 unspecified atom stereocenters. The van der Waals surface area contributed by atoms with Crippen molar-refractivity contribution >= 4 is 40.0 Å². The molecule has 2 heterocycles. The number of carbonyl (C=O) groups is 1. The number of aromatic nitrogens is 1. The van der Waals surface area contributed by atoms with Gasteiger partial charge in [-0.1, -0.05) is 48.0 Å². The molecule has 2 aromatic heterocycles. The van der Waals surface area contributed by atoms with E-state index in [1.807, 2.05) is 55.5 Å². The molecule has 28 heavy (non-hydrogen) atoms. The second-order valence-electron chi connectivity index (χ2n) is 6.18. The normalized spacial score (nSPS) is 11.6. The van der Waals surface area contributed by atoms with Crippen molar-refractivity contribution < 1.29 is 9.21 Å². The Balaban J connectivity index is 1.86. The molecular weight excluding hydrogens is 374 g/mol. The van der Waals surface area contributed by atoms with Crippen LogP contribution in [0.3, 0.4) is 0 Å². The van der Waals surface area contributed by atoms with Crippen LogP contribution in [0.5, 0.6) is 0 Å². The van der Waals surface area contributed by atoms with E-state index < -0.39 is 0 Å². The summed E-state index contributed by atoms with van der Waals surface area (Å²) in [5, 5.41) is 4.07. The van der Waals surface area contributed by atoms with Crippen molar-refractivity contribution in [3.05, 3.63) is 94.6 Å². The lowest BCUT2D eigenvalue weighted by molar-refractivity contribution is 0.102. The van der Waals surface area contributed by atoms with Crippen molar-refractivity contribution in [1.82, 2.24) is 4.98 Å². The summed E-state index contributed by atoms with van der Waals surface area (Å²) in [5.41, 5.74) is 2.42. The average Bonchev–Trinajstić information content (AvgIpc) is 2.69. The van der Waals surface area contributed by atoms with E-state index in [-0.39, 0.29) is 11.5 Å². The summed E-state index contributed by atoms with van der Waals surface area (Å²) in [6.45, 7) is 1.86. The summed E-state index contributed by atoms with van der Waals surface area (Å²) in [4.78, 5) is 21.8. The SMILES string of the molecule is Cc1cccc(NC(=O)c2cc3ccccc3oc2=Nc2ccccc2Cl)n1. The number of halogens is 1. The number of nitrogens with one attached hydrogen (secondary N) is 1. The van der Waals surface area contributed by atoms with Gasteiger partial charge in [-0.2, -0.15) is 0 Å². The maximum absolute atomic E-state index is 13.0. The first-order valence-corrected chi connectivity index (χ1v) is 9.05. The lowest BCUT2D eigenvalue weighted by atomic mass is 10.1. The first-order valence-electron chi connectivity index (χ1n) is 8.67. The number of fused-ring (bicyclic) bond motifs is 1. The highest BCUT2D eigenvalue weighted by Crippen LogP contribution is 2.23. The van der Waals surface area contributed by atoms with Gasteiger partial charge in [0.05, 0.1) is 10.7 Å². The molecule has 0 atom stereocenters. The molecular formula is C22H16ClN3O2. The van der Waals surface area contributed by atoms with E-state index in [1.165, 1.54) is 0 Å². The quantitative estimate of drug-likeness (QED) is 0.518. The van der Waals surface area contributed by atoms with E-state index in [0.29, 0.717) is 27.7 Å². The standard InChI is InChI=1S/C22H16ClN3O2/c1-14-7-6-12-20(24-14)26-21(27)16-13-15-8-2-5-11-19(15)28-22(16)25-18-10-4-3-9-17(18)23/h2-13H,1H3,(H,24,26,27). The van der Waals surface area contributed by atoms with Crippen LogP contribution in [-0.2, 0) is 0 Å². The van der Waals surface area contributed by atoms with Crippen LogP contribution in [0.1, 0.15) is 16.1 Å². The molecule has 0 saturated heterocycles. The van der Waals surface area contributed by atoms with Gasteiger partial charge in [-0.05, 0) is 43.3 Å². The summed E-state index contributed by atoms with van der Waals surface area (Å²) in [6, 6.07) is 21.7. The first-order chi connectivity index (χ1) is 13.6. The molecule has 1 amide bonds. The summed E-state index contributed by atoms with van der Waals surface area (Å²) in [5.74, 6) is 0.0975. The Morgan fingerprint density at radius 3 is 2.64 bits per heavy atom. The summed E-state index contributed by atoms with van der Waals surface area (Å²) in [7, 11) is 0. The molecule has 0 aliphatic carbocycles. The largest absolute Gasteiger partial charge is 0.438 e. The number of pyridine rings is 1. The van der Waals surface area contributed by atoms with Crippen LogP contribution in [0.2, 0.25) is 5.02 Å². The second-order valence-corrected chi connectivity index (χ2v) is 6.59. The number of nitrogens with zero attached hydrogens (tertiary/aromatic N) is 2. The fourth-order valence-corrected chi connectivity index (χ4v) is 2.94. The van der Waals surface area contributed by atoms with E-state index in [2.05, 4.69) is 15.3 Å². The third-order valence-corrected chi connectivity index (χ3v) is 4.42.